The van der Waals surface area contributed by atoms with E-state index in [-0.39, 0.29) is 11.8 Å². The molecule has 0 bridgehead atoms. The Kier molecular flexibility index (Phi) is 5.40. The second kappa shape index (κ2) is 6.38. The summed E-state index contributed by atoms with van der Waals surface area (Å²) in [6.45, 7) is 0. The molecule has 0 amide bonds. The largest absolute Gasteiger partial charge is 0.398 e. The average molecular weight is 292 g/mol. The molecule has 0 spiro atoms. The Balaban J connectivity index is 2.71. The lowest BCUT2D eigenvalue weighted by molar-refractivity contribution is 0.509. The quantitative estimate of drug-likeness (QED) is 0.416. The van der Waals surface area contributed by atoms with Gasteiger partial charge in [-0.15, -0.1) is 0 Å². The van der Waals surface area contributed by atoms with Crippen molar-refractivity contribution in [1.82, 2.24) is 5.43 Å². The number of benzene rings is 1. The summed E-state index contributed by atoms with van der Waals surface area (Å²) >= 11 is 5.82. The van der Waals surface area contributed by atoms with E-state index in [9.17, 15) is 8.42 Å². The maximum Gasteiger partial charge on any atom is 0.147 e. The Hall–Kier alpha value is -0.820. The summed E-state index contributed by atoms with van der Waals surface area (Å²) < 4.78 is 22.1. The van der Waals surface area contributed by atoms with Gasteiger partial charge in [0.05, 0.1) is 0 Å². The molecule has 0 saturated carbocycles. The van der Waals surface area contributed by atoms with E-state index in [2.05, 4.69) is 5.43 Å². The molecule has 0 saturated heterocycles. The Morgan fingerprint density at radius 3 is 2.61 bits per heavy atom. The van der Waals surface area contributed by atoms with Crippen LogP contribution in [0.5, 0.6) is 0 Å². The van der Waals surface area contributed by atoms with Crippen LogP contribution in [0.4, 0.5) is 5.69 Å². The molecule has 1 unspecified atom stereocenters. The maximum atomic E-state index is 11.1. The minimum atomic E-state index is -2.95. The average Bonchev–Trinajstić information content (AvgIpc) is 2.24. The second-order valence-electron chi connectivity index (χ2n) is 4.26. The number of rotatable bonds is 6. The molecule has 0 aliphatic heterocycles. The predicted octanol–water partition coefficient (Wildman–Crippen LogP) is 1.25. The molecule has 1 aromatic rings. The first-order valence-corrected chi connectivity index (χ1v) is 7.96. The van der Waals surface area contributed by atoms with E-state index in [1.165, 1.54) is 6.26 Å². The molecule has 5 nitrogen and oxygen atoms in total. The van der Waals surface area contributed by atoms with Crippen LogP contribution in [0.1, 0.15) is 24.4 Å². The molecule has 0 aromatic heterocycles. The van der Waals surface area contributed by atoms with E-state index in [0.717, 1.165) is 5.56 Å². The van der Waals surface area contributed by atoms with Gasteiger partial charge in [-0.2, -0.15) is 0 Å². The highest BCUT2D eigenvalue weighted by Crippen LogP contribution is 2.26. The van der Waals surface area contributed by atoms with Crippen LogP contribution in [0, 0.1) is 0 Å². The zero-order chi connectivity index (χ0) is 13.8. The fourth-order valence-corrected chi connectivity index (χ4v) is 2.61. The van der Waals surface area contributed by atoms with Crippen molar-refractivity contribution in [3.05, 3.63) is 28.8 Å². The number of hydrazine groups is 1. The Bertz CT molecular complexity index is 505. The lowest BCUT2D eigenvalue weighted by Crippen LogP contribution is -2.29. The van der Waals surface area contributed by atoms with Crippen LogP contribution in [0.3, 0.4) is 0 Å². The lowest BCUT2D eigenvalue weighted by atomic mass is 10.0. The van der Waals surface area contributed by atoms with Crippen LogP contribution >= 0.6 is 11.6 Å². The van der Waals surface area contributed by atoms with Crippen LogP contribution in [0.15, 0.2) is 18.2 Å². The molecule has 0 heterocycles. The Morgan fingerprint density at radius 2 is 2.11 bits per heavy atom. The third-order valence-electron chi connectivity index (χ3n) is 2.63. The van der Waals surface area contributed by atoms with Crippen molar-refractivity contribution in [3.8, 4) is 0 Å². The number of sulfone groups is 1. The highest BCUT2D eigenvalue weighted by atomic mass is 35.5. The van der Waals surface area contributed by atoms with E-state index in [4.69, 9.17) is 23.2 Å². The summed E-state index contributed by atoms with van der Waals surface area (Å²) in [5, 5.41) is 0.558. The summed E-state index contributed by atoms with van der Waals surface area (Å²) in [4.78, 5) is 0. The van der Waals surface area contributed by atoms with Crippen molar-refractivity contribution >= 4 is 27.1 Å². The molecule has 102 valence electrons. The molecule has 1 atom stereocenters. The molecule has 1 rings (SSSR count). The van der Waals surface area contributed by atoms with Gasteiger partial charge < -0.3 is 5.73 Å². The van der Waals surface area contributed by atoms with Gasteiger partial charge in [-0.05, 0) is 30.5 Å². The number of anilines is 1. The van der Waals surface area contributed by atoms with Crippen molar-refractivity contribution in [2.24, 2.45) is 5.84 Å². The van der Waals surface area contributed by atoms with Gasteiger partial charge in [0.25, 0.3) is 0 Å². The van der Waals surface area contributed by atoms with Crippen LogP contribution in [0.2, 0.25) is 5.02 Å². The van der Waals surface area contributed by atoms with Crippen molar-refractivity contribution < 1.29 is 8.42 Å². The Labute approximate surface area is 112 Å². The molecular formula is C11H18ClN3O2S. The zero-order valence-corrected chi connectivity index (χ0v) is 11.8. The molecule has 7 heteroatoms. The number of nitrogen functional groups attached to an aromatic ring is 1. The third kappa shape index (κ3) is 4.81. The fraction of sp³-hybridized carbons (Fsp3) is 0.455. The van der Waals surface area contributed by atoms with Crippen LogP contribution < -0.4 is 17.0 Å². The molecule has 1 aromatic carbocycles. The number of hydrogen-bond acceptors (Lipinski definition) is 5. The molecule has 0 aliphatic rings. The van der Waals surface area contributed by atoms with E-state index in [1.807, 2.05) is 0 Å². The minimum Gasteiger partial charge on any atom is -0.398 e. The molecule has 0 fully saturated rings. The lowest BCUT2D eigenvalue weighted by Gasteiger charge is -2.18. The zero-order valence-electron chi connectivity index (χ0n) is 10.2. The van der Waals surface area contributed by atoms with Gasteiger partial charge in [-0.1, -0.05) is 17.7 Å². The van der Waals surface area contributed by atoms with Gasteiger partial charge in [0.2, 0.25) is 0 Å². The monoisotopic (exact) mass is 291 g/mol. The molecule has 5 N–H and O–H groups in total. The minimum absolute atomic E-state index is 0.138. The fourth-order valence-electron chi connectivity index (χ4n) is 1.74. The van der Waals surface area contributed by atoms with Crippen molar-refractivity contribution in [2.45, 2.75) is 18.9 Å². The molecule has 18 heavy (non-hydrogen) atoms. The summed E-state index contributed by atoms with van der Waals surface area (Å²) in [5.74, 6) is 5.61. The highest BCUT2D eigenvalue weighted by molar-refractivity contribution is 7.90. The van der Waals surface area contributed by atoms with Crippen molar-refractivity contribution in [1.29, 1.82) is 0 Å². The summed E-state index contributed by atoms with van der Waals surface area (Å²) in [6.07, 6.45) is 2.33. The van der Waals surface area contributed by atoms with Crippen molar-refractivity contribution in [3.63, 3.8) is 0 Å². The standard InChI is InChI=1S/C11H18ClN3O2S/c1-18(16,17)6-2-3-11(15-14)9-5-4-8(12)7-10(9)13/h4-5,7,11,15H,2-3,6,13-14H2,1H3. The van der Waals surface area contributed by atoms with Gasteiger partial charge in [0.15, 0.2) is 0 Å². The normalized spacial score (nSPS) is 13.5. The SMILES string of the molecule is CS(=O)(=O)CCCC(NN)c1ccc(Cl)cc1N. The number of nitrogens with one attached hydrogen (secondary N) is 1. The van der Waals surface area contributed by atoms with Crippen molar-refractivity contribution in [2.75, 3.05) is 17.7 Å². The van der Waals surface area contributed by atoms with Gasteiger partial charge in [-0.3, -0.25) is 11.3 Å². The van der Waals surface area contributed by atoms with Crippen LogP contribution in [-0.4, -0.2) is 20.4 Å². The van der Waals surface area contributed by atoms with Gasteiger partial charge in [0.1, 0.15) is 9.84 Å². The predicted molar refractivity (Wildman–Crippen MR) is 74.9 cm³/mol. The maximum absolute atomic E-state index is 11.1. The summed E-state index contributed by atoms with van der Waals surface area (Å²) in [6, 6.07) is 5.00. The van der Waals surface area contributed by atoms with Crippen LogP contribution in [0.25, 0.3) is 0 Å². The smallest absolute Gasteiger partial charge is 0.147 e. The topological polar surface area (TPSA) is 98.2 Å². The third-order valence-corrected chi connectivity index (χ3v) is 3.90. The highest BCUT2D eigenvalue weighted by Gasteiger charge is 2.14. The van der Waals surface area contributed by atoms with Crippen LogP contribution in [-0.2, 0) is 9.84 Å². The van der Waals surface area contributed by atoms with Gasteiger partial charge >= 0.3 is 0 Å². The molecule has 0 aliphatic carbocycles. The first kappa shape index (κ1) is 15.2. The second-order valence-corrected chi connectivity index (χ2v) is 6.96. The van der Waals surface area contributed by atoms with E-state index >= 15 is 0 Å². The van der Waals surface area contributed by atoms with E-state index < -0.39 is 9.84 Å². The Morgan fingerprint density at radius 1 is 1.44 bits per heavy atom. The molecule has 0 radical (unpaired) electrons. The number of hydrogen-bond donors (Lipinski definition) is 3. The summed E-state index contributed by atoms with van der Waals surface area (Å²) in [7, 11) is -2.95. The van der Waals surface area contributed by atoms with Gasteiger partial charge in [0, 0.05) is 28.8 Å². The van der Waals surface area contributed by atoms with Gasteiger partial charge in [-0.25, -0.2) is 8.42 Å². The summed E-state index contributed by atoms with van der Waals surface area (Å²) in [5.41, 5.74) is 9.88. The molecular weight excluding hydrogens is 274 g/mol. The number of nitrogens with two attached hydrogens (primary N) is 2. The van der Waals surface area contributed by atoms with E-state index in [0.29, 0.717) is 23.6 Å². The first-order chi connectivity index (χ1) is 8.33. The number of halogens is 1. The first-order valence-electron chi connectivity index (χ1n) is 5.52. The van der Waals surface area contributed by atoms with E-state index in [1.54, 1.807) is 18.2 Å².